The van der Waals surface area contributed by atoms with Crippen molar-refractivity contribution in [3.63, 3.8) is 0 Å². The summed E-state index contributed by atoms with van der Waals surface area (Å²) in [6.45, 7) is 0. The number of halogens is 1. The second kappa shape index (κ2) is 5.16. The standard InChI is InChI=1S/C15H9FN2O3.H2/c16-12-7-2-1-6-11(12)14-17-13(18-21-14)9-4-3-5-10(8-9)15(19)20;/h1-8H,(H,19,20);1H. The van der Waals surface area contributed by atoms with Gasteiger partial charge in [0, 0.05) is 6.99 Å². The minimum atomic E-state index is -1.05. The Bertz CT molecular complexity index is 820. The van der Waals surface area contributed by atoms with Gasteiger partial charge in [0.1, 0.15) is 5.82 Å². The highest BCUT2D eigenvalue weighted by molar-refractivity contribution is 5.89. The van der Waals surface area contributed by atoms with Crippen LogP contribution in [0.2, 0.25) is 0 Å². The molecule has 0 spiro atoms. The highest BCUT2D eigenvalue weighted by Gasteiger charge is 2.14. The van der Waals surface area contributed by atoms with E-state index in [1.165, 1.54) is 24.3 Å². The van der Waals surface area contributed by atoms with Crippen molar-refractivity contribution in [1.82, 2.24) is 10.1 Å². The van der Waals surface area contributed by atoms with Crippen molar-refractivity contribution in [1.29, 1.82) is 0 Å². The minimum Gasteiger partial charge on any atom is -0.478 e. The van der Waals surface area contributed by atoms with Crippen molar-refractivity contribution in [3.05, 3.63) is 59.9 Å². The summed E-state index contributed by atoms with van der Waals surface area (Å²) in [5.74, 6) is -1.26. The van der Waals surface area contributed by atoms with Crippen LogP contribution in [0.4, 0.5) is 4.39 Å². The first kappa shape index (κ1) is 13.0. The highest BCUT2D eigenvalue weighted by Crippen LogP contribution is 2.24. The average Bonchev–Trinajstić information content (AvgIpc) is 2.97. The molecule has 0 saturated heterocycles. The van der Waals surface area contributed by atoms with Gasteiger partial charge in [-0.2, -0.15) is 4.98 Å². The summed E-state index contributed by atoms with van der Waals surface area (Å²) in [7, 11) is 0. The minimum absolute atomic E-state index is 0. The summed E-state index contributed by atoms with van der Waals surface area (Å²) in [4.78, 5) is 15.0. The van der Waals surface area contributed by atoms with Gasteiger partial charge >= 0.3 is 5.97 Å². The van der Waals surface area contributed by atoms with Crippen molar-refractivity contribution in [2.24, 2.45) is 0 Å². The third kappa shape index (κ3) is 2.51. The van der Waals surface area contributed by atoms with Crippen molar-refractivity contribution in [3.8, 4) is 22.8 Å². The topological polar surface area (TPSA) is 76.2 Å². The zero-order chi connectivity index (χ0) is 14.8. The predicted molar refractivity (Wildman–Crippen MR) is 74.2 cm³/mol. The maximum absolute atomic E-state index is 13.7. The molecule has 1 heterocycles. The summed E-state index contributed by atoms with van der Waals surface area (Å²) in [6.07, 6.45) is 0. The number of carboxylic acids is 1. The van der Waals surface area contributed by atoms with Gasteiger partial charge < -0.3 is 9.63 Å². The van der Waals surface area contributed by atoms with Gasteiger partial charge in [0.05, 0.1) is 11.1 Å². The number of aromatic nitrogens is 2. The highest BCUT2D eigenvalue weighted by atomic mass is 19.1. The summed E-state index contributed by atoms with van der Waals surface area (Å²) >= 11 is 0. The molecular formula is C15H11FN2O3. The zero-order valence-electron chi connectivity index (χ0n) is 10.7. The Morgan fingerprint density at radius 1 is 1.19 bits per heavy atom. The van der Waals surface area contributed by atoms with Crippen LogP contribution in [0, 0.1) is 5.82 Å². The second-order valence-corrected chi connectivity index (χ2v) is 4.29. The SMILES string of the molecule is O=C(O)c1cccc(-c2noc(-c3ccccc3F)n2)c1.[HH]. The largest absolute Gasteiger partial charge is 0.478 e. The maximum atomic E-state index is 13.7. The lowest BCUT2D eigenvalue weighted by Gasteiger charge is -1.97. The number of nitrogens with zero attached hydrogens (tertiary/aromatic N) is 2. The molecule has 0 radical (unpaired) electrons. The first-order chi connectivity index (χ1) is 10.1. The number of benzene rings is 2. The number of rotatable bonds is 3. The van der Waals surface area contributed by atoms with Gasteiger partial charge in [-0.25, -0.2) is 9.18 Å². The molecule has 2 aromatic carbocycles. The molecule has 0 atom stereocenters. The van der Waals surface area contributed by atoms with Crippen molar-refractivity contribution < 1.29 is 20.2 Å². The molecule has 0 bridgehead atoms. The lowest BCUT2D eigenvalue weighted by atomic mass is 10.1. The third-order valence-corrected chi connectivity index (χ3v) is 2.90. The normalized spacial score (nSPS) is 10.5. The van der Waals surface area contributed by atoms with Gasteiger partial charge in [-0.05, 0) is 24.3 Å². The van der Waals surface area contributed by atoms with Crippen LogP contribution < -0.4 is 0 Å². The zero-order valence-corrected chi connectivity index (χ0v) is 10.7. The van der Waals surface area contributed by atoms with Gasteiger partial charge in [0.2, 0.25) is 5.82 Å². The van der Waals surface area contributed by atoms with Crippen molar-refractivity contribution >= 4 is 5.97 Å². The molecule has 6 heteroatoms. The summed E-state index contributed by atoms with van der Waals surface area (Å²) in [5.41, 5.74) is 0.802. The average molecular weight is 286 g/mol. The summed E-state index contributed by atoms with van der Waals surface area (Å²) < 4.78 is 18.7. The second-order valence-electron chi connectivity index (χ2n) is 4.29. The fraction of sp³-hybridized carbons (Fsp3) is 0. The van der Waals surface area contributed by atoms with E-state index in [2.05, 4.69) is 10.1 Å². The first-order valence-corrected chi connectivity index (χ1v) is 6.07. The summed E-state index contributed by atoms with van der Waals surface area (Å²) in [5, 5.41) is 12.7. The maximum Gasteiger partial charge on any atom is 0.335 e. The Hall–Kier alpha value is -3.02. The van der Waals surface area contributed by atoms with E-state index in [0.29, 0.717) is 5.56 Å². The Labute approximate surface area is 120 Å². The lowest BCUT2D eigenvalue weighted by Crippen LogP contribution is -1.96. The van der Waals surface area contributed by atoms with E-state index in [-0.39, 0.29) is 24.3 Å². The van der Waals surface area contributed by atoms with Gasteiger partial charge in [0.25, 0.3) is 5.89 Å². The van der Waals surface area contributed by atoms with Crippen LogP contribution in [-0.4, -0.2) is 21.2 Å². The smallest absolute Gasteiger partial charge is 0.335 e. The molecular weight excluding hydrogens is 275 g/mol. The third-order valence-electron chi connectivity index (χ3n) is 2.90. The number of carboxylic acid groups (broad SMARTS) is 1. The molecule has 0 amide bonds. The first-order valence-electron chi connectivity index (χ1n) is 6.07. The molecule has 0 aliphatic carbocycles. The molecule has 3 aromatic rings. The van der Waals surface area contributed by atoms with Crippen LogP contribution in [0.25, 0.3) is 22.8 Å². The molecule has 5 nitrogen and oxygen atoms in total. The van der Waals surface area contributed by atoms with E-state index in [9.17, 15) is 9.18 Å². The molecule has 0 unspecified atom stereocenters. The number of hydrogen-bond acceptors (Lipinski definition) is 4. The molecule has 106 valence electrons. The Morgan fingerprint density at radius 2 is 2.00 bits per heavy atom. The molecule has 21 heavy (non-hydrogen) atoms. The number of carbonyl (C=O) groups is 1. The Morgan fingerprint density at radius 3 is 2.76 bits per heavy atom. The van der Waals surface area contributed by atoms with Crippen LogP contribution >= 0.6 is 0 Å². The lowest BCUT2D eigenvalue weighted by molar-refractivity contribution is 0.0697. The monoisotopic (exact) mass is 286 g/mol. The van der Waals surface area contributed by atoms with E-state index < -0.39 is 11.8 Å². The molecule has 1 N–H and O–H groups in total. The molecule has 0 aliphatic heterocycles. The quantitative estimate of drug-likeness (QED) is 0.797. The number of aromatic carboxylic acids is 1. The van der Waals surface area contributed by atoms with E-state index in [1.807, 2.05) is 0 Å². The van der Waals surface area contributed by atoms with E-state index in [4.69, 9.17) is 9.63 Å². The summed E-state index contributed by atoms with van der Waals surface area (Å²) in [6, 6.07) is 12.2. The van der Waals surface area contributed by atoms with Crippen LogP contribution in [0.3, 0.4) is 0 Å². The van der Waals surface area contributed by atoms with Crippen LogP contribution in [-0.2, 0) is 0 Å². The fourth-order valence-corrected chi connectivity index (χ4v) is 1.88. The molecule has 1 aromatic heterocycles. The fourth-order valence-electron chi connectivity index (χ4n) is 1.88. The Balaban J connectivity index is 0.00000176. The van der Waals surface area contributed by atoms with Gasteiger partial charge in [0.15, 0.2) is 0 Å². The van der Waals surface area contributed by atoms with Crippen LogP contribution in [0.5, 0.6) is 0 Å². The van der Waals surface area contributed by atoms with E-state index >= 15 is 0 Å². The van der Waals surface area contributed by atoms with Crippen LogP contribution in [0.1, 0.15) is 11.8 Å². The van der Waals surface area contributed by atoms with Gasteiger partial charge in [-0.1, -0.05) is 29.4 Å². The van der Waals surface area contributed by atoms with E-state index in [1.54, 1.807) is 24.3 Å². The van der Waals surface area contributed by atoms with Crippen molar-refractivity contribution in [2.45, 2.75) is 0 Å². The Kier molecular flexibility index (Phi) is 3.19. The molecule has 0 aliphatic rings. The molecule has 3 rings (SSSR count). The van der Waals surface area contributed by atoms with Gasteiger partial charge in [-0.3, -0.25) is 0 Å². The van der Waals surface area contributed by atoms with Gasteiger partial charge in [-0.15, -0.1) is 0 Å². The molecule has 0 saturated carbocycles. The van der Waals surface area contributed by atoms with E-state index in [0.717, 1.165) is 0 Å². The molecule has 0 fully saturated rings. The number of hydrogen-bond donors (Lipinski definition) is 1. The predicted octanol–water partition coefficient (Wildman–Crippen LogP) is 3.49. The van der Waals surface area contributed by atoms with Crippen LogP contribution in [0.15, 0.2) is 53.1 Å². The van der Waals surface area contributed by atoms with Crippen molar-refractivity contribution in [2.75, 3.05) is 0 Å².